The Hall–Kier alpha value is -2.82. The zero-order valence-electron chi connectivity index (χ0n) is 13.8. The van der Waals surface area contributed by atoms with Crippen LogP contribution >= 0.6 is 0 Å². The molecule has 0 saturated heterocycles. The average molecular weight is 325 g/mol. The van der Waals surface area contributed by atoms with E-state index in [1.54, 1.807) is 18.2 Å². The van der Waals surface area contributed by atoms with E-state index < -0.39 is 0 Å². The number of carbonyl (C=O) groups is 2. The summed E-state index contributed by atoms with van der Waals surface area (Å²) in [5.74, 6) is -0.200. The summed E-state index contributed by atoms with van der Waals surface area (Å²) in [4.78, 5) is 23.8. The Labute approximate surface area is 142 Å². The van der Waals surface area contributed by atoms with Crippen molar-refractivity contribution in [3.8, 4) is 0 Å². The van der Waals surface area contributed by atoms with Crippen LogP contribution < -0.4 is 16.0 Å². The zero-order valence-corrected chi connectivity index (χ0v) is 13.8. The van der Waals surface area contributed by atoms with Gasteiger partial charge in [0.05, 0.1) is 6.54 Å². The quantitative estimate of drug-likeness (QED) is 0.698. The van der Waals surface area contributed by atoms with Crippen molar-refractivity contribution in [3.05, 3.63) is 65.7 Å². The third-order valence-electron chi connectivity index (χ3n) is 3.45. The number of nitrogens with one attached hydrogen (secondary N) is 3. The van der Waals surface area contributed by atoms with Crippen molar-refractivity contribution in [2.24, 2.45) is 0 Å². The first-order chi connectivity index (χ1) is 11.7. The highest BCUT2D eigenvalue weighted by Crippen LogP contribution is 2.10. The lowest BCUT2D eigenvalue weighted by Gasteiger charge is -2.09. The molecular formula is C19H23N3O2. The maximum absolute atomic E-state index is 12.2. The van der Waals surface area contributed by atoms with E-state index in [-0.39, 0.29) is 18.4 Å². The van der Waals surface area contributed by atoms with E-state index in [4.69, 9.17) is 0 Å². The predicted octanol–water partition coefficient (Wildman–Crippen LogP) is 2.55. The fourth-order valence-electron chi connectivity index (χ4n) is 2.16. The van der Waals surface area contributed by atoms with Gasteiger partial charge in [0.15, 0.2) is 0 Å². The second-order valence-corrected chi connectivity index (χ2v) is 5.45. The Morgan fingerprint density at radius 1 is 0.958 bits per heavy atom. The molecule has 0 atom stereocenters. The number of benzene rings is 2. The van der Waals surface area contributed by atoms with Gasteiger partial charge >= 0.3 is 0 Å². The molecule has 0 unspecified atom stereocenters. The Balaban J connectivity index is 1.87. The number of hydrogen-bond donors (Lipinski definition) is 3. The van der Waals surface area contributed by atoms with Gasteiger partial charge in [-0.05, 0) is 30.2 Å². The van der Waals surface area contributed by atoms with Crippen LogP contribution in [0.4, 0.5) is 5.69 Å². The highest BCUT2D eigenvalue weighted by atomic mass is 16.2. The van der Waals surface area contributed by atoms with Crippen molar-refractivity contribution in [1.82, 2.24) is 10.6 Å². The molecule has 0 aliphatic heterocycles. The molecule has 5 nitrogen and oxygen atoms in total. The predicted molar refractivity (Wildman–Crippen MR) is 95.8 cm³/mol. The molecule has 2 amide bonds. The summed E-state index contributed by atoms with van der Waals surface area (Å²) in [6.45, 7) is 3.35. The minimum Gasteiger partial charge on any atom is -0.376 e. The molecule has 0 bridgehead atoms. The SMILES string of the molecule is CCCNC(=O)CNc1cccc(C(=O)NCc2ccccc2)c1. The summed E-state index contributed by atoms with van der Waals surface area (Å²) in [5.41, 5.74) is 2.35. The fourth-order valence-corrected chi connectivity index (χ4v) is 2.16. The van der Waals surface area contributed by atoms with Crippen LogP contribution in [0.1, 0.15) is 29.3 Å². The zero-order chi connectivity index (χ0) is 17.2. The van der Waals surface area contributed by atoms with E-state index in [1.807, 2.05) is 43.3 Å². The molecule has 0 aromatic heterocycles. The van der Waals surface area contributed by atoms with Crippen LogP contribution in [-0.4, -0.2) is 24.9 Å². The van der Waals surface area contributed by atoms with Crippen LogP contribution in [0.2, 0.25) is 0 Å². The largest absolute Gasteiger partial charge is 0.376 e. The molecule has 0 spiro atoms. The van der Waals surface area contributed by atoms with Crippen LogP contribution in [0.15, 0.2) is 54.6 Å². The first-order valence-corrected chi connectivity index (χ1v) is 8.12. The Morgan fingerprint density at radius 3 is 2.50 bits per heavy atom. The summed E-state index contributed by atoms with van der Waals surface area (Å²) >= 11 is 0. The van der Waals surface area contributed by atoms with Crippen LogP contribution in [-0.2, 0) is 11.3 Å². The summed E-state index contributed by atoms with van der Waals surface area (Å²) in [5, 5.41) is 8.72. The molecule has 2 rings (SSSR count). The van der Waals surface area contributed by atoms with E-state index in [9.17, 15) is 9.59 Å². The van der Waals surface area contributed by atoms with Gasteiger partial charge in [0.1, 0.15) is 0 Å². The van der Waals surface area contributed by atoms with Gasteiger partial charge in [-0.2, -0.15) is 0 Å². The van der Waals surface area contributed by atoms with Crippen LogP contribution in [0.3, 0.4) is 0 Å². The second kappa shape index (κ2) is 9.35. The van der Waals surface area contributed by atoms with Gasteiger partial charge in [-0.3, -0.25) is 9.59 Å². The monoisotopic (exact) mass is 325 g/mol. The van der Waals surface area contributed by atoms with Crippen molar-refractivity contribution in [1.29, 1.82) is 0 Å². The highest BCUT2D eigenvalue weighted by Gasteiger charge is 2.07. The van der Waals surface area contributed by atoms with Crippen molar-refractivity contribution in [2.45, 2.75) is 19.9 Å². The van der Waals surface area contributed by atoms with E-state index in [2.05, 4.69) is 16.0 Å². The van der Waals surface area contributed by atoms with Gasteiger partial charge in [0, 0.05) is 24.3 Å². The lowest BCUT2D eigenvalue weighted by molar-refractivity contribution is -0.119. The minimum atomic E-state index is -0.141. The molecule has 2 aromatic rings. The van der Waals surface area contributed by atoms with Gasteiger partial charge in [-0.15, -0.1) is 0 Å². The third-order valence-corrected chi connectivity index (χ3v) is 3.45. The summed E-state index contributed by atoms with van der Waals surface area (Å²) in [7, 11) is 0. The average Bonchev–Trinajstić information content (AvgIpc) is 2.63. The van der Waals surface area contributed by atoms with Gasteiger partial charge in [0.2, 0.25) is 5.91 Å². The Bertz CT molecular complexity index is 671. The van der Waals surface area contributed by atoms with Crippen molar-refractivity contribution < 1.29 is 9.59 Å². The van der Waals surface area contributed by atoms with Crippen molar-refractivity contribution in [3.63, 3.8) is 0 Å². The van der Waals surface area contributed by atoms with E-state index in [0.717, 1.165) is 17.7 Å². The van der Waals surface area contributed by atoms with Gasteiger partial charge in [-0.1, -0.05) is 43.3 Å². The maximum Gasteiger partial charge on any atom is 0.251 e. The molecule has 2 aromatic carbocycles. The summed E-state index contributed by atoms with van der Waals surface area (Å²) in [6.07, 6.45) is 0.906. The first kappa shape index (κ1) is 17.5. The Kier molecular flexibility index (Phi) is 6.83. The standard InChI is InChI=1S/C19H23N3O2/c1-2-11-20-18(23)14-21-17-10-6-9-16(12-17)19(24)22-13-15-7-4-3-5-8-15/h3-10,12,21H,2,11,13-14H2,1H3,(H,20,23)(H,22,24). The summed E-state index contributed by atoms with van der Waals surface area (Å²) in [6, 6.07) is 16.9. The maximum atomic E-state index is 12.2. The lowest BCUT2D eigenvalue weighted by atomic mass is 10.1. The molecule has 0 aliphatic rings. The molecule has 0 fully saturated rings. The lowest BCUT2D eigenvalue weighted by Crippen LogP contribution is -2.30. The number of rotatable bonds is 8. The fraction of sp³-hybridized carbons (Fsp3) is 0.263. The summed E-state index contributed by atoms with van der Waals surface area (Å²) < 4.78 is 0. The molecule has 5 heteroatoms. The van der Waals surface area contributed by atoms with Crippen molar-refractivity contribution in [2.75, 3.05) is 18.4 Å². The molecule has 126 valence electrons. The third kappa shape index (κ3) is 5.76. The molecule has 0 heterocycles. The molecular weight excluding hydrogens is 302 g/mol. The number of anilines is 1. The van der Waals surface area contributed by atoms with Crippen LogP contribution in [0, 0.1) is 0 Å². The molecule has 3 N–H and O–H groups in total. The van der Waals surface area contributed by atoms with Crippen LogP contribution in [0.5, 0.6) is 0 Å². The van der Waals surface area contributed by atoms with Crippen LogP contribution in [0.25, 0.3) is 0 Å². The Morgan fingerprint density at radius 2 is 1.75 bits per heavy atom. The molecule has 0 aliphatic carbocycles. The minimum absolute atomic E-state index is 0.0595. The van der Waals surface area contributed by atoms with E-state index in [0.29, 0.717) is 18.7 Å². The first-order valence-electron chi connectivity index (χ1n) is 8.12. The van der Waals surface area contributed by atoms with E-state index in [1.165, 1.54) is 0 Å². The number of hydrogen-bond acceptors (Lipinski definition) is 3. The van der Waals surface area contributed by atoms with Gasteiger partial charge in [0.25, 0.3) is 5.91 Å². The van der Waals surface area contributed by atoms with Gasteiger partial charge in [-0.25, -0.2) is 0 Å². The number of carbonyl (C=O) groups excluding carboxylic acids is 2. The van der Waals surface area contributed by atoms with Crippen molar-refractivity contribution >= 4 is 17.5 Å². The smallest absolute Gasteiger partial charge is 0.251 e. The molecule has 24 heavy (non-hydrogen) atoms. The second-order valence-electron chi connectivity index (χ2n) is 5.45. The normalized spacial score (nSPS) is 10.0. The van der Waals surface area contributed by atoms with Gasteiger partial charge < -0.3 is 16.0 Å². The number of amides is 2. The van der Waals surface area contributed by atoms with E-state index >= 15 is 0 Å². The molecule has 0 saturated carbocycles. The highest BCUT2D eigenvalue weighted by molar-refractivity contribution is 5.95. The molecule has 0 radical (unpaired) electrons. The topological polar surface area (TPSA) is 70.2 Å².